The Morgan fingerprint density at radius 3 is 2.41 bits per heavy atom. The summed E-state index contributed by atoms with van der Waals surface area (Å²) in [6.07, 6.45) is 4.68. The molecule has 0 atom stereocenters. The van der Waals surface area contributed by atoms with Crippen LogP contribution >= 0.6 is 0 Å². The number of benzene rings is 1. The van der Waals surface area contributed by atoms with Crippen LogP contribution in [0.5, 0.6) is 0 Å². The Kier molecular flexibility index (Phi) is 7.52. The second kappa shape index (κ2) is 8.39. The van der Waals surface area contributed by atoms with Gasteiger partial charge in [-0.1, -0.05) is 26.5 Å². The smallest absolute Gasteiger partial charge is 0.135 e. The second-order valence-corrected chi connectivity index (χ2v) is 2.82. The molecule has 0 N–H and O–H groups in total. The third-order valence-electron chi connectivity index (χ3n) is 1.76. The molecule has 0 bridgehead atoms. The summed E-state index contributed by atoms with van der Waals surface area (Å²) >= 11 is 0. The molecule has 1 rings (SSSR count). The lowest BCUT2D eigenvalue weighted by molar-refractivity contribution is 0.582. The number of hydrogen-bond acceptors (Lipinski definition) is 1. The molecule has 1 aromatic rings. The standard InChI is InChI=1S/C12H11F2N.C2H6/c1-3-5-12(15-4-2)10-7-6-9(13)8-11(10)14;1-2/h3-8H,2H2,1H3;1-2H3/b5-3-,15-12?;. The van der Waals surface area contributed by atoms with E-state index >= 15 is 0 Å². The monoisotopic (exact) mass is 237 g/mol. The minimum Gasteiger partial charge on any atom is -0.257 e. The lowest BCUT2D eigenvalue weighted by Gasteiger charge is -2.02. The Balaban J connectivity index is 0.00000121. The predicted molar refractivity (Wildman–Crippen MR) is 69.3 cm³/mol. The summed E-state index contributed by atoms with van der Waals surface area (Å²) < 4.78 is 26.0. The Morgan fingerprint density at radius 2 is 1.94 bits per heavy atom. The first-order chi connectivity index (χ1) is 8.19. The van der Waals surface area contributed by atoms with Crippen LogP contribution in [-0.2, 0) is 0 Å². The third-order valence-corrected chi connectivity index (χ3v) is 1.76. The van der Waals surface area contributed by atoms with Gasteiger partial charge in [0.2, 0.25) is 0 Å². The van der Waals surface area contributed by atoms with Crippen LogP contribution in [0, 0.1) is 11.6 Å². The van der Waals surface area contributed by atoms with E-state index in [9.17, 15) is 8.78 Å². The van der Waals surface area contributed by atoms with Crippen molar-refractivity contribution >= 4 is 5.71 Å². The lowest BCUT2D eigenvalue weighted by Crippen LogP contribution is -2.00. The number of rotatable bonds is 3. The van der Waals surface area contributed by atoms with E-state index in [2.05, 4.69) is 11.6 Å². The molecule has 0 aliphatic heterocycles. The Hall–Kier alpha value is -1.77. The molecule has 1 aromatic carbocycles. The van der Waals surface area contributed by atoms with Crippen molar-refractivity contribution in [2.75, 3.05) is 0 Å². The van der Waals surface area contributed by atoms with Gasteiger partial charge in [0.25, 0.3) is 0 Å². The van der Waals surface area contributed by atoms with E-state index in [1.807, 2.05) is 13.8 Å². The molecule has 0 saturated carbocycles. The molecule has 0 heterocycles. The van der Waals surface area contributed by atoms with Gasteiger partial charge in [0, 0.05) is 17.8 Å². The summed E-state index contributed by atoms with van der Waals surface area (Å²) in [6.45, 7) is 9.23. The average Bonchev–Trinajstić information content (AvgIpc) is 2.32. The van der Waals surface area contributed by atoms with Crippen LogP contribution in [0.1, 0.15) is 26.3 Å². The molecule has 1 nitrogen and oxygen atoms in total. The first-order valence-corrected chi connectivity index (χ1v) is 5.46. The zero-order chi connectivity index (χ0) is 13.3. The largest absolute Gasteiger partial charge is 0.257 e. The molecule has 3 heteroatoms. The highest BCUT2D eigenvalue weighted by molar-refractivity contribution is 6.09. The molecule has 92 valence electrons. The maximum atomic E-state index is 13.4. The van der Waals surface area contributed by atoms with Crippen molar-refractivity contribution in [1.29, 1.82) is 0 Å². The van der Waals surface area contributed by atoms with E-state index in [1.54, 1.807) is 19.1 Å². The quantitative estimate of drug-likeness (QED) is 0.686. The molecular weight excluding hydrogens is 220 g/mol. The fraction of sp³-hybridized carbons (Fsp3) is 0.214. The summed E-state index contributed by atoms with van der Waals surface area (Å²) in [4.78, 5) is 3.91. The number of allylic oxidation sites excluding steroid dienone is 2. The first-order valence-electron chi connectivity index (χ1n) is 5.46. The van der Waals surface area contributed by atoms with Gasteiger partial charge in [-0.2, -0.15) is 0 Å². The van der Waals surface area contributed by atoms with Crippen molar-refractivity contribution in [2.24, 2.45) is 4.99 Å². The van der Waals surface area contributed by atoms with E-state index < -0.39 is 11.6 Å². The Morgan fingerprint density at radius 1 is 1.29 bits per heavy atom. The van der Waals surface area contributed by atoms with Gasteiger partial charge in [-0.15, -0.1) is 0 Å². The molecule has 0 unspecified atom stereocenters. The van der Waals surface area contributed by atoms with Crippen molar-refractivity contribution in [2.45, 2.75) is 20.8 Å². The van der Waals surface area contributed by atoms with Crippen LogP contribution in [0.3, 0.4) is 0 Å². The minimum absolute atomic E-state index is 0.259. The fourth-order valence-electron chi connectivity index (χ4n) is 1.16. The van der Waals surface area contributed by atoms with E-state index in [0.29, 0.717) is 5.71 Å². The topological polar surface area (TPSA) is 12.4 Å². The highest BCUT2D eigenvalue weighted by Gasteiger charge is 2.07. The van der Waals surface area contributed by atoms with Crippen molar-refractivity contribution in [1.82, 2.24) is 0 Å². The van der Waals surface area contributed by atoms with Crippen molar-refractivity contribution in [3.05, 3.63) is 60.3 Å². The van der Waals surface area contributed by atoms with Crippen LogP contribution in [0.25, 0.3) is 0 Å². The molecule has 0 aliphatic rings. The highest BCUT2D eigenvalue weighted by atomic mass is 19.1. The fourth-order valence-corrected chi connectivity index (χ4v) is 1.16. The van der Waals surface area contributed by atoms with Gasteiger partial charge in [0.1, 0.15) is 11.6 Å². The Labute approximate surface area is 101 Å². The van der Waals surface area contributed by atoms with Gasteiger partial charge < -0.3 is 0 Å². The van der Waals surface area contributed by atoms with E-state index in [4.69, 9.17) is 0 Å². The van der Waals surface area contributed by atoms with Gasteiger partial charge in [-0.25, -0.2) is 8.78 Å². The first kappa shape index (κ1) is 15.2. The van der Waals surface area contributed by atoms with Crippen molar-refractivity contribution < 1.29 is 8.78 Å². The number of nitrogens with zero attached hydrogens (tertiary/aromatic N) is 1. The maximum absolute atomic E-state index is 13.4. The van der Waals surface area contributed by atoms with Crippen LogP contribution < -0.4 is 0 Å². The summed E-state index contributed by atoms with van der Waals surface area (Å²) in [5.41, 5.74) is 0.680. The van der Waals surface area contributed by atoms with Crippen LogP contribution in [-0.4, -0.2) is 5.71 Å². The molecule has 17 heavy (non-hydrogen) atoms. The second-order valence-electron chi connectivity index (χ2n) is 2.82. The minimum atomic E-state index is -0.631. The van der Waals surface area contributed by atoms with E-state index in [0.717, 1.165) is 6.07 Å². The van der Waals surface area contributed by atoms with Gasteiger partial charge in [-0.05, 0) is 25.1 Å². The van der Waals surface area contributed by atoms with Crippen LogP contribution in [0.15, 0.2) is 48.1 Å². The maximum Gasteiger partial charge on any atom is 0.135 e. The predicted octanol–water partition coefficient (Wildman–Crippen LogP) is 4.50. The molecule has 0 saturated heterocycles. The SMILES string of the molecule is C=CN=C(/C=C\C)c1ccc(F)cc1F.CC. The van der Waals surface area contributed by atoms with Gasteiger partial charge in [0.05, 0.1) is 5.71 Å². The zero-order valence-corrected chi connectivity index (χ0v) is 10.4. The summed E-state index contributed by atoms with van der Waals surface area (Å²) in [7, 11) is 0. The summed E-state index contributed by atoms with van der Waals surface area (Å²) in [5, 5.41) is 0. The van der Waals surface area contributed by atoms with Crippen LogP contribution in [0.4, 0.5) is 8.78 Å². The molecule has 0 amide bonds. The van der Waals surface area contributed by atoms with Gasteiger partial charge >= 0.3 is 0 Å². The van der Waals surface area contributed by atoms with E-state index in [-0.39, 0.29) is 5.56 Å². The molecule has 0 radical (unpaired) electrons. The number of aliphatic imine (C=N–C) groups is 1. The molecule has 0 aromatic heterocycles. The molecule has 0 fully saturated rings. The number of halogens is 2. The summed E-state index contributed by atoms with van der Waals surface area (Å²) in [5.74, 6) is -1.23. The van der Waals surface area contributed by atoms with Gasteiger partial charge in [0.15, 0.2) is 0 Å². The normalized spacial score (nSPS) is 11.0. The van der Waals surface area contributed by atoms with Crippen molar-refractivity contribution in [3.63, 3.8) is 0 Å². The highest BCUT2D eigenvalue weighted by Crippen LogP contribution is 2.11. The molecule has 0 spiro atoms. The Bertz CT molecular complexity index is 420. The number of hydrogen-bond donors (Lipinski definition) is 0. The summed E-state index contributed by atoms with van der Waals surface area (Å²) in [6, 6.07) is 3.38. The lowest BCUT2D eigenvalue weighted by atomic mass is 10.1. The van der Waals surface area contributed by atoms with Crippen molar-refractivity contribution in [3.8, 4) is 0 Å². The van der Waals surface area contributed by atoms with Crippen LogP contribution in [0.2, 0.25) is 0 Å². The third kappa shape index (κ3) is 4.72. The van der Waals surface area contributed by atoms with Gasteiger partial charge in [-0.3, -0.25) is 4.99 Å². The average molecular weight is 237 g/mol. The molecular formula is C14H17F2N. The molecule has 0 aliphatic carbocycles. The zero-order valence-electron chi connectivity index (χ0n) is 10.4. The van der Waals surface area contributed by atoms with E-state index in [1.165, 1.54) is 18.3 Å².